The first kappa shape index (κ1) is 18.8. The molecule has 0 unspecified atom stereocenters. The van der Waals surface area contributed by atoms with Crippen LogP contribution in [0.15, 0.2) is 36.4 Å². The summed E-state index contributed by atoms with van der Waals surface area (Å²) in [5, 5.41) is 21.2. The number of anilines is 3. The molecule has 0 amide bonds. The maximum Gasteiger partial charge on any atom is 0.247 e. The molecule has 0 aliphatic heterocycles. The lowest BCUT2D eigenvalue weighted by molar-refractivity contribution is 0.126. The molecule has 1 saturated carbocycles. The number of aliphatic hydroxyl groups is 1. The Morgan fingerprint density at radius 3 is 2.87 bits per heavy atom. The third kappa shape index (κ3) is 3.81. The van der Waals surface area contributed by atoms with Crippen molar-refractivity contribution in [2.45, 2.75) is 44.4 Å². The minimum Gasteiger partial charge on any atom is -0.393 e. The largest absolute Gasteiger partial charge is 0.393 e. The number of hydrogen-bond acceptors (Lipinski definition) is 7. The number of nitrogens with zero attached hydrogens (tertiary/aromatic N) is 4. The summed E-state index contributed by atoms with van der Waals surface area (Å²) in [6.45, 7) is 0.446. The lowest BCUT2D eigenvalue weighted by Gasteiger charge is -2.26. The minimum atomic E-state index is -0.168. The van der Waals surface area contributed by atoms with Crippen molar-refractivity contribution >= 4 is 34.1 Å². The Morgan fingerprint density at radius 2 is 2.03 bits per heavy atom. The summed E-state index contributed by atoms with van der Waals surface area (Å²) in [6, 6.07) is 12.1. The number of aromatic nitrogens is 5. The molecule has 0 radical (unpaired) electrons. The predicted octanol–water partition coefficient (Wildman–Crippen LogP) is 3.21. The van der Waals surface area contributed by atoms with E-state index < -0.39 is 0 Å². The van der Waals surface area contributed by atoms with Crippen molar-refractivity contribution in [1.82, 2.24) is 24.6 Å². The first-order valence-electron chi connectivity index (χ1n) is 10.2. The lowest BCUT2D eigenvalue weighted by Crippen LogP contribution is -2.29. The average Bonchev–Trinajstić information content (AvgIpc) is 3.33. The van der Waals surface area contributed by atoms with E-state index in [2.05, 4.69) is 30.7 Å². The Balaban J connectivity index is 1.36. The third-order valence-corrected chi connectivity index (χ3v) is 5.48. The highest BCUT2D eigenvalue weighted by Crippen LogP contribution is 2.24. The lowest BCUT2D eigenvalue weighted by atomic mass is 9.93. The van der Waals surface area contributed by atoms with Gasteiger partial charge >= 0.3 is 0 Å². The van der Waals surface area contributed by atoms with Gasteiger partial charge in [-0.2, -0.15) is 9.50 Å². The number of H-pyrrole nitrogens is 1. The number of benzene rings is 1. The standard InChI is InChI=1S/C21H25N7O2/c1-30-12-18-24-16-10-7-14(11-17(16)25-18)23-21-26-20-4-2-3-19(28(20)27-21)22-13-5-8-15(29)9-6-13/h2-4,7,10-11,13,15,22,29H,5-6,8-9,12H2,1H3,(H,23,27)(H,24,25)/t13-,15+. The molecule has 0 atom stereocenters. The van der Waals surface area contributed by atoms with E-state index in [-0.39, 0.29) is 6.10 Å². The first-order chi connectivity index (χ1) is 14.7. The quantitative estimate of drug-likeness (QED) is 0.388. The van der Waals surface area contributed by atoms with E-state index in [1.165, 1.54) is 0 Å². The Morgan fingerprint density at radius 1 is 1.17 bits per heavy atom. The smallest absolute Gasteiger partial charge is 0.247 e. The summed E-state index contributed by atoms with van der Waals surface area (Å²) in [6.07, 6.45) is 3.40. The molecule has 1 aromatic carbocycles. The fourth-order valence-corrected chi connectivity index (χ4v) is 3.97. The SMILES string of the molecule is COCc1nc2ccc(Nc3nc4cccc(N[C@H]5CC[C@@H](O)CC5)n4n3)cc2[nH]1. The van der Waals surface area contributed by atoms with Gasteiger partial charge in [-0.1, -0.05) is 6.07 Å². The van der Waals surface area contributed by atoms with Crippen LogP contribution >= 0.6 is 0 Å². The fraction of sp³-hybridized carbons (Fsp3) is 0.381. The second-order valence-electron chi connectivity index (χ2n) is 7.74. The molecule has 0 bridgehead atoms. The number of fused-ring (bicyclic) bond motifs is 2. The number of aliphatic hydroxyl groups excluding tert-OH is 1. The van der Waals surface area contributed by atoms with Gasteiger partial charge < -0.3 is 25.5 Å². The highest BCUT2D eigenvalue weighted by atomic mass is 16.5. The summed E-state index contributed by atoms with van der Waals surface area (Å²) in [5.74, 6) is 2.23. The minimum absolute atomic E-state index is 0.168. The Hall–Kier alpha value is -3.17. The average molecular weight is 407 g/mol. The third-order valence-electron chi connectivity index (χ3n) is 5.48. The second kappa shape index (κ2) is 7.92. The molecule has 30 heavy (non-hydrogen) atoms. The van der Waals surface area contributed by atoms with Crippen LogP contribution in [-0.2, 0) is 11.3 Å². The van der Waals surface area contributed by atoms with E-state index in [0.717, 1.165) is 59.7 Å². The number of imidazole rings is 1. The van der Waals surface area contributed by atoms with E-state index >= 15 is 0 Å². The number of aromatic amines is 1. The van der Waals surface area contributed by atoms with Crippen LogP contribution in [-0.4, -0.2) is 48.9 Å². The van der Waals surface area contributed by atoms with Crippen LogP contribution in [0, 0.1) is 0 Å². The number of rotatable bonds is 6. The van der Waals surface area contributed by atoms with Crippen LogP contribution in [0.5, 0.6) is 0 Å². The van der Waals surface area contributed by atoms with Crippen LogP contribution in [0.2, 0.25) is 0 Å². The molecule has 1 fully saturated rings. The molecular weight excluding hydrogens is 382 g/mol. The van der Waals surface area contributed by atoms with Gasteiger partial charge in [-0.25, -0.2) is 4.98 Å². The Bertz CT molecular complexity index is 1160. The second-order valence-corrected chi connectivity index (χ2v) is 7.74. The molecule has 1 aliphatic carbocycles. The van der Waals surface area contributed by atoms with Gasteiger partial charge in [0.1, 0.15) is 18.2 Å². The zero-order valence-electron chi connectivity index (χ0n) is 16.8. The van der Waals surface area contributed by atoms with Crippen molar-refractivity contribution in [2.75, 3.05) is 17.7 Å². The van der Waals surface area contributed by atoms with E-state index in [0.29, 0.717) is 18.6 Å². The molecular formula is C21H25N7O2. The molecule has 3 heterocycles. The Kier molecular flexibility index (Phi) is 4.97. The maximum absolute atomic E-state index is 9.73. The first-order valence-corrected chi connectivity index (χ1v) is 10.2. The van der Waals surface area contributed by atoms with Crippen LogP contribution in [0.25, 0.3) is 16.7 Å². The number of ether oxygens (including phenoxy) is 1. The number of hydrogen-bond donors (Lipinski definition) is 4. The number of nitrogens with one attached hydrogen (secondary N) is 3. The number of methoxy groups -OCH3 is 1. The van der Waals surface area contributed by atoms with Crippen LogP contribution in [0.3, 0.4) is 0 Å². The van der Waals surface area contributed by atoms with Gasteiger partial charge in [0.15, 0.2) is 5.65 Å². The fourth-order valence-electron chi connectivity index (χ4n) is 3.97. The van der Waals surface area contributed by atoms with E-state index in [1.807, 2.05) is 40.9 Å². The van der Waals surface area contributed by atoms with Crippen LogP contribution in [0.1, 0.15) is 31.5 Å². The van der Waals surface area contributed by atoms with Crippen molar-refractivity contribution < 1.29 is 9.84 Å². The van der Waals surface area contributed by atoms with Gasteiger partial charge in [-0.3, -0.25) is 0 Å². The molecule has 3 aromatic heterocycles. The van der Waals surface area contributed by atoms with Crippen molar-refractivity contribution in [1.29, 1.82) is 0 Å². The molecule has 4 aromatic rings. The summed E-state index contributed by atoms with van der Waals surface area (Å²) in [5.41, 5.74) is 3.46. The summed E-state index contributed by atoms with van der Waals surface area (Å²) in [4.78, 5) is 12.3. The molecule has 0 spiro atoms. The zero-order chi connectivity index (χ0) is 20.5. The molecule has 4 N–H and O–H groups in total. The van der Waals surface area contributed by atoms with E-state index in [4.69, 9.17) is 4.74 Å². The number of pyridine rings is 1. The van der Waals surface area contributed by atoms with E-state index in [1.54, 1.807) is 7.11 Å². The highest BCUT2D eigenvalue weighted by molar-refractivity contribution is 5.80. The molecule has 0 saturated heterocycles. The normalized spacial score (nSPS) is 19.4. The molecule has 5 rings (SSSR count). The van der Waals surface area contributed by atoms with Gasteiger partial charge in [0.25, 0.3) is 0 Å². The predicted molar refractivity (Wildman–Crippen MR) is 115 cm³/mol. The molecule has 1 aliphatic rings. The zero-order valence-corrected chi connectivity index (χ0v) is 16.8. The maximum atomic E-state index is 9.73. The van der Waals surface area contributed by atoms with Gasteiger partial charge in [0.05, 0.1) is 17.1 Å². The van der Waals surface area contributed by atoms with Gasteiger partial charge in [0.2, 0.25) is 5.95 Å². The molecule has 9 nitrogen and oxygen atoms in total. The monoisotopic (exact) mass is 407 g/mol. The summed E-state index contributed by atoms with van der Waals surface area (Å²) >= 11 is 0. The summed E-state index contributed by atoms with van der Waals surface area (Å²) in [7, 11) is 1.65. The van der Waals surface area contributed by atoms with E-state index in [9.17, 15) is 5.11 Å². The van der Waals surface area contributed by atoms with Gasteiger partial charge in [0, 0.05) is 18.8 Å². The van der Waals surface area contributed by atoms with Gasteiger partial charge in [-0.05, 0) is 56.0 Å². The van der Waals surface area contributed by atoms with Crippen molar-refractivity contribution in [3.05, 3.63) is 42.2 Å². The molecule has 9 heteroatoms. The molecule has 156 valence electrons. The van der Waals surface area contributed by atoms with Crippen LogP contribution in [0.4, 0.5) is 17.5 Å². The summed E-state index contributed by atoms with van der Waals surface area (Å²) < 4.78 is 6.96. The van der Waals surface area contributed by atoms with Crippen molar-refractivity contribution in [3.8, 4) is 0 Å². The van der Waals surface area contributed by atoms with Gasteiger partial charge in [-0.15, -0.1) is 5.10 Å². The van der Waals surface area contributed by atoms with Crippen LogP contribution < -0.4 is 10.6 Å². The topological polar surface area (TPSA) is 112 Å². The Labute approximate surface area is 173 Å². The van der Waals surface area contributed by atoms with Crippen molar-refractivity contribution in [3.63, 3.8) is 0 Å². The highest BCUT2D eigenvalue weighted by Gasteiger charge is 2.20. The van der Waals surface area contributed by atoms with Crippen molar-refractivity contribution in [2.24, 2.45) is 0 Å².